The zero-order chi connectivity index (χ0) is 15.6. The van der Waals surface area contributed by atoms with Gasteiger partial charge in [-0.2, -0.15) is 18.3 Å². The highest BCUT2D eigenvalue weighted by molar-refractivity contribution is 5.30. The van der Waals surface area contributed by atoms with Crippen LogP contribution < -0.4 is 5.73 Å². The van der Waals surface area contributed by atoms with Crippen LogP contribution in [0.2, 0.25) is 0 Å². The minimum Gasteiger partial charge on any atom is -0.323 e. The summed E-state index contributed by atoms with van der Waals surface area (Å²) in [5.74, 6) is -0.832. The van der Waals surface area contributed by atoms with Gasteiger partial charge in [0.2, 0.25) is 0 Å². The van der Waals surface area contributed by atoms with E-state index in [1.807, 2.05) is 6.92 Å². The number of aromatic nitrogens is 3. The first-order valence-electron chi connectivity index (χ1n) is 6.32. The lowest BCUT2D eigenvalue weighted by Crippen LogP contribution is -2.20. The number of alkyl halides is 3. The van der Waals surface area contributed by atoms with E-state index in [1.165, 1.54) is 12.4 Å². The Kier molecular flexibility index (Phi) is 4.26. The molecule has 0 spiro atoms. The summed E-state index contributed by atoms with van der Waals surface area (Å²) in [5, 5.41) is 3.94. The van der Waals surface area contributed by atoms with Crippen molar-refractivity contribution in [3.05, 3.63) is 47.3 Å². The first-order chi connectivity index (χ1) is 9.84. The van der Waals surface area contributed by atoms with Crippen molar-refractivity contribution < 1.29 is 17.6 Å². The summed E-state index contributed by atoms with van der Waals surface area (Å²) in [7, 11) is 0. The van der Waals surface area contributed by atoms with Crippen LogP contribution in [0.15, 0.2) is 24.5 Å². The fourth-order valence-electron chi connectivity index (χ4n) is 2.07. The molecule has 2 aromatic rings. The van der Waals surface area contributed by atoms with Crippen molar-refractivity contribution >= 4 is 0 Å². The average molecular weight is 302 g/mol. The van der Waals surface area contributed by atoms with Gasteiger partial charge < -0.3 is 5.73 Å². The summed E-state index contributed by atoms with van der Waals surface area (Å²) in [6.45, 7) is 2.39. The summed E-state index contributed by atoms with van der Waals surface area (Å²) >= 11 is 0. The Morgan fingerprint density at radius 2 is 2.05 bits per heavy atom. The molecule has 2 rings (SSSR count). The van der Waals surface area contributed by atoms with E-state index >= 15 is 0 Å². The van der Waals surface area contributed by atoms with Gasteiger partial charge in [0, 0.05) is 24.6 Å². The Labute approximate surface area is 118 Å². The first-order valence-corrected chi connectivity index (χ1v) is 6.32. The number of benzene rings is 1. The third kappa shape index (κ3) is 3.21. The maximum atomic E-state index is 14.0. The van der Waals surface area contributed by atoms with Gasteiger partial charge in [-0.3, -0.25) is 4.68 Å². The molecular weight excluding hydrogens is 288 g/mol. The van der Waals surface area contributed by atoms with Crippen molar-refractivity contribution in [2.24, 2.45) is 5.73 Å². The minimum absolute atomic E-state index is 0.103. The van der Waals surface area contributed by atoms with E-state index in [0.717, 1.165) is 6.07 Å². The molecule has 0 saturated carbocycles. The normalized spacial score (nSPS) is 13.4. The molecule has 0 aliphatic rings. The largest absolute Gasteiger partial charge is 0.419 e. The molecule has 4 nitrogen and oxygen atoms in total. The van der Waals surface area contributed by atoms with Gasteiger partial charge in [0.25, 0.3) is 0 Å². The predicted octanol–water partition coefficient (Wildman–Crippen LogP) is 2.70. The van der Waals surface area contributed by atoms with Crippen LogP contribution in [0, 0.1) is 5.82 Å². The van der Waals surface area contributed by atoms with E-state index in [0.29, 0.717) is 18.4 Å². The van der Waals surface area contributed by atoms with Crippen LogP contribution in [-0.2, 0) is 19.1 Å². The van der Waals surface area contributed by atoms with Crippen molar-refractivity contribution in [2.45, 2.75) is 32.1 Å². The van der Waals surface area contributed by atoms with Gasteiger partial charge >= 0.3 is 6.18 Å². The van der Waals surface area contributed by atoms with Crippen LogP contribution in [0.1, 0.15) is 29.9 Å². The van der Waals surface area contributed by atoms with Gasteiger partial charge in [-0.15, -0.1) is 0 Å². The Bertz CT molecular complexity index is 621. The Morgan fingerprint density at radius 3 is 2.67 bits per heavy atom. The lowest BCUT2D eigenvalue weighted by Gasteiger charge is -2.16. The molecule has 0 aliphatic heterocycles. The number of aryl methyl sites for hydroxylation is 1. The molecule has 0 bridgehead atoms. The molecule has 0 radical (unpaired) electrons. The van der Waals surface area contributed by atoms with Gasteiger partial charge in [-0.1, -0.05) is 12.1 Å². The lowest BCUT2D eigenvalue weighted by molar-refractivity contribution is -0.140. The fourth-order valence-corrected chi connectivity index (χ4v) is 2.07. The topological polar surface area (TPSA) is 56.7 Å². The summed E-state index contributed by atoms with van der Waals surface area (Å²) in [6, 6.07) is 2.16. The van der Waals surface area contributed by atoms with Crippen LogP contribution in [-0.4, -0.2) is 14.8 Å². The molecule has 0 fully saturated rings. The Balaban J connectivity index is 2.30. The number of hydrogen-bond donors (Lipinski definition) is 1. The molecule has 114 valence electrons. The first kappa shape index (κ1) is 15.4. The van der Waals surface area contributed by atoms with E-state index in [9.17, 15) is 17.6 Å². The second-order valence-corrected chi connectivity index (χ2v) is 4.51. The van der Waals surface area contributed by atoms with Crippen molar-refractivity contribution in [1.82, 2.24) is 14.8 Å². The SMILES string of the molecule is CCn1ncnc1CC(N)c1cccc(C(F)(F)F)c1F. The molecule has 2 N–H and O–H groups in total. The van der Waals surface area contributed by atoms with E-state index < -0.39 is 23.6 Å². The Hall–Kier alpha value is -1.96. The smallest absolute Gasteiger partial charge is 0.323 e. The second-order valence-electron chi connectivity index (χ2n) is 4.51. The molecule has 0 saturated heterocycles. The lowest BCUT2D eigenvalue weighted by atomic mass is 10.0. The molecule has 1 atom stereocenters. The van der Waals surface area contributed by atoms with Crippen molar-refractivity contribution in [3.63, 3.8) is 0 Å². The number of nitrogens with two attached hydrogens (primary N) is 1. The fraction of sp³-hybridized carbons (Fsp3) is 0.385. The summed E-state index contributed by atoms with van der Waals surface area (Å²) < 4.78 is 53.6. The summed E-state index contributed by atoms with van der Waals surface area (Å²) in [4.78, 5) is 3.98. The molecule has 1 unspecified atom stereocenters. The number of rotatable bonds is 4. The molecule has 1 aromatic heterocycles. The number of hydrogen-bond acceptors (Lipinski definition) is 3. The molecular formula is C13H14F4N4. The predicted molar refractivity (Wildman–Crippen MR) is 67.7 cm³/mol. The highest BCUT2D eigenvalue weighted by Crippen LogP contribution is 2.33. The maximum absolute atomic E-state index is 14.0. The number of halogens is 4. The highest BCUT2D eigenvalue weighted by Gasteiger charge is 2.35. The van der Waals surface area contributed by atoms with E-state index in [4.69, 9.17) is 5.73 Å². The molecule has 0 aliphatic carbocycles. The average Bonchev–Trinajstić information content (AvgIpc) is 2.84. The zero-order valence-electron chi connectivity index (χ0n) is 11.2. The molecule has 21 heavy (non-hydrogen) atoms. The number of nitrogens with zero attached hydrogens (tertiary/aromatic N) is 3. The monoisotopic (exact) mass is 302 g/mol. The quantitative estimate of drug-likeness (QED) is 0.883. The van der Waals surface area contributed by atoms with Crippen LogP contribution in [0.25, 0.3) is 0 Å². The molecule has 1 heterocycles. The zero-order valence-corrected chi connectivity index (χ0v) is 11.2. The second kappa shape index (κ2) is 5.80. The van der Waals surface area contributed by atoms with E-state index in [1.54, 1.807) is 4.68 Å². The van der Waals surface area contributed by atoms with Crippen LogP contribution in [0.4, 0.5) is 17.6 Å². The maximum Gasteiger partial charge on any atom is 0.419 e. The van der Waals surface area contributed by atoms with Gasteiger partial charge in [0.05, 0.1) is 5.56 Å². The van der Waals surface area contributed by atoms with Crippen LogP contribution in [0.5, 0.6) is 0 Å². The van der Waals surface area contributed by atoms with Crippen molar-refractivity contribution in [2.75, 3.05) is 0 Å². The summed E-state index contributed by atoms with van der Waals surface area (Å²) in [6.07, 6.45) is -3.32. The highest BCUT2D eigenvalue weighted by atomic mass is 19.4. The standard InChI is InChI=1S/C13H14F4N4/c1-2-21-11(19-7-20-21)6-10(18)8-4-3-5-9(12(8)14)13(15,16)17/h3-5,7,10H,2,6,18H2,1H3. The van der Waals surface area contributed by atoms with Gasteiger partial charge in [0.15, 0.2) is 0 Å². The third-order valence-electron chi connectivity index (χ3n) is 3.13. The third-order valence-corrected chi connectivity index (χ3v) is 3.13. The van der Waals surface area contributed by atoms with Gasteiger partial charge in [0.1, 0.15) is 18.0 Å². The van der Waals surface area contributed by atoms with Gasteiger partial charge in [-0.05, 0) is 13.0 Å². The summed E-state index contributed by atoms with van der Waals surface area (Å²) in [5.41, 5.74) is 4.34. The van der Waals surface area contributed by atoms with Crippen LogP contribution >= 0.6 is 0 Å². The molecule has 8 heteroatoms. The van der Waals surface area contributed by atoms with Crippen LogP contribution in [0.3, 0.4) is 0 Å². The van der Waals surface area contributed by atoms with Crippen molar-refractivity contribution in [1.29, 1.82) is 0 Å². The van der Waals surface area contributed by atoms with E-state index in [-0.39, 0.29) is 12.0 Å². The Morgan fingerprint density at radius 1 is 1.33 bits per heavy atom. The molecule has 1 aromatic carbocycles. The minimum atomic E-state index is -4.75. The van der Waals surface area contributed by atoms with Gasteiger partial charge in [-0.25, -0.2) is 9.37 Å². The van der Waals surface area contributed by atoms with E-state index in [2.05, 4.69) is 10.1 Å². The molecule has 0 amide bonds. The van der Waals surface area contributed by atoms with Crippen molar-refractivity contribution in [3.8, 4) is 0 Å².